The van der Waals surface area contributed by atoms with Crippen molar-refractivity contribution in [2.24, 2.45) is 0 Å². The van der Waals surface area contributed by atoms with Gasteiger partial charge in [0.2, 0.25) is 5.91 Å². The van der Waals surface area contributed by atoms with E-state index >= 15 is 0 Å². The zero-order chi connectivity index (χ0) is 18.8. The highest BCUT2D eigenvalue weighted by Crippen LogP contribution is 2.19. The lowest BCUT2D eigenvalue weighted by Crippen LogP contribution is -2.28. The van der Waals surface area contributed by atoms with E-state index in [9.17, 15) is 9.59 Å². The first-order chi connectivity index (χ1) is 13.1. The van der Waals surface area contributed by atoms with Crippen LogP contribution in [-0.2, 0) is 17.9 Å². The van der Waals surface area contributed by atoms with E-state index in [1.807, 2.05) is 84.3 Å². The zero-order valence-electron chi connectivity index (χ0n) is 15.1. The number of hydrogen-bond acceptors (Lipinski definition) is 2. The van der Waals surface area contributed by atoms with Crippen molar-refractivity contribution in [1.82, 2.24) is 9.88 Å². The standard InChI is InChI=1S/C23H20N2O2/c1-16-10-12-17(13-11-16)14-24-22(26)15-25-20-8-4-2-6-18(20)23(27)19-7-3-5-9-21(19)25/h2-13H,14-15H2,1H3,(H,24,26). The summed E-state index contributed by atoms with van der Waals surface area (Å²) in [5.74, 6) is -0.0884. The largest absolute Gasteiger partial charge is 0.350 e. The quantitative estimate of drug-likeness (QED) is 0.566. The molecule has 0 aliphatic heterocycles. The van der Waals surface area contributed by atoms with E-state index in [0.29, 0.717) is 17.3 Å². The first-order valence-corrected chi connectivity index (χ1v) is 8.96. The molecule has 0 aliphatic rings. The Morgan fingerprint density at radius 1 is 0.852 bits per heavy atom. The summed E-state index contributed by atoms with van der Waals surface area (Å²) in [5, 5.41) is 4.23. The summed E-state index contributed by atoms with van der Waals surface area (Å²) in [6, 6.07) is 23.0. The number of amides is 1. The second kappa shape index (κ2) is 7.08. The highest BCUT2D eigenvalue weighted by molar-refractivity contribution is 5.94. The Labute approximate surface area is 157 Å². The van der Waals surface area contributed by atoms with E-state index in [1.165, 1.54) is 5.56 Å². The van der Waals surface area contributed by atoms with Crippen molar-refractivity contribution in [2.45, 2.75) is 20.0 Å². The van der Waals surface area contributed by atoms with Crippen LogP contribution < -0.4 is 10.7 Å². The van der Waals surface area contributed by atoms with Crippen LogP contribution in [0.15, 0.2) is 77.6 Å². The van der Waals surface area contributed by atoms with Crippen LogP contribution in [0.2, 0.25) is 0 Å². The van der Waals surface area contributed by atoms with Crippen molar-refractivity contribution >= 4 is 27.7 Å². The van der Waals surface area contributed by atoms with Crippen LogP contribution in [0.1, 0.15) is 11.1 Å². The number of aryl methyl sites for hydroxylation is 1. The van der Waals surface area contributed by atoms with Gasteiger partial charge in [-0.05, 0) is 36.8 Å². The molecule has 0 atom stereocenters. The number of carbonyl (C=O) groups is 1. The normalized spacial score (nSPS) is 11.0. The maximum atomic E-state index is 12.8. The molecule has 0 saturated heterocycles. The highest BCUT2D eigenvalue weighted by Gasteiger charge is 2.12. The molecule has 0 unspecified atom stereocenters. The SMILES string of the molecule is Cc1ccc(CNC(=O)Cn2c3ccccc3c(=O)c3ccccc32)cc1. The average molecular weight is 356 g/mol. The highest BCUT2D eigenvalue weighted by atomic mass is 16.2. The van der Waals surface area contributed by atoms with Crippen molar-refractivity contribution in [1.29, 1.82) is 0 Å². The van der Waals surface area contributed by atoms with Crippen LogP contribution in [0.3, 0.4) is 0 Å². The summed E-state index contributed by atoms with van der Waals surface area (Å²) in [7, 11) is 0. The van der Waals surface area contributed by atoms with Gasteiger partial charge in [0.1, 0.15) is 6.54 Å². The van der Waals surface area contributed by atoms with E-state index in [-0.39, 0.29) is 17.9 Å². The van der Waals surface area contributed by atoms with Gasteiger partial charge in [-0.1, -0.05) is 54.1 Å². The molecular weight excluding hydrogens is 336 g/mol. The predicted octanol–water partition coefficient (Wildman–Crippen LogP) is 3.78. The lowest BCUT2D eigenvalue weighted by atomic mass is 10.1. The Bertz CT molecular complexity index is 1130. The van der Waals surface area contributed by atoms with Crippen molar-refractivity contribution < 1.29 is 4.79 Å². The number of pyridine rings is 1. The van der Waals surface area contributed by atoms with Gasteiger partial charge in [-0.25, -0.2) is 0 Å². The van der Waals surface area contributed by atoms with Crippen LogP contribution in [-0.4, -0.2) is 10.5 Å². The Hall–Kier alpha value is -3.40. The summed E-state index contributed by atoms with van der Waals surface area (Å²) in [6.45, 7) is 2.68. The fourth-order valence-electron chi connectivity index (χ4n) is 3.35. The molecule has 0 fully saturated rings. The third-order valence-electron chi connectivity index (χ3n) is 4.79. The van der Waals surface area contributed by atoms with E-state index in [1.54, 1.807) is 0 Å². The molecule has 27 heavy (non-hydrogen) atoms. The fraction of sp³-hybridized carbons (Fsp3) is 0.130. The van der Waals surface area contributed by atoms with Gasteiger partial charge in [-0.3, -0.25) is 9.59 Å². The summed E-state index contributed by atoms with van der Waals surface area (Å²) in [6.07, 6.45) is 0. The average Bonchev–Trinajstić information content (AvgIpc) is 2.71. The summed E-state index contributed by atoms with van der Waals surface area (Å²) in [5.41, 5.74) is 3.79. The smallest absolute Gasteiger partial charge is 0.240 e. The molecule has 1 amide bonds. The lowest BCUT2D eigenvalue weighted by Gasteiger charge is -2.15. The number of rotatable bonds is 4. The van der Waals surface area contributed by atoms with E-state index in [4.69, 9.17) is 0 Å². The molecule has 0 radical (unpaired) electrons. The Kier molecular flexibility index (Phi) is 4.47. The maximum absolute atomic E-state index is 12.8. The maximum Gasteiger partial charge on any atom is 0.240 e. The number of carbonyl (C=O) groups excluding carboxylic acids is 1. The topological polar surface area (TPSA) is 51.1 Å². The molecule has 134 valence electrons. The number of nitrogens with zero attached hydrogens (tertiary/aromatic N) is 1. The Morgan fingerprint density at radius 3 is 2.00 bits per heavy atom. The molecule has 0 bridgehead atoms. The Balaban J connectivity index is 1.68. The molecular formula is C23H20N2O2. The molecule has 3 aromatic carbocycles. The molecule has 0 saturated carbocycles. The van der Waals surface area contributed by atoms with Gasteiger partial charge in [-0.2, -0.15) is 0 Å². The molecule has 4 aromatic rings. The van der Waals surface area contributed by atoms with Crippen LogP contribution in [0.5, 0.6) is 0 Å². The fourth-order valence-corrected chi connectivity index (χ4v) is 3.35. The van der Waals surface area contributed by atoms with Gasteiger partial charge in [0.15, 0.2) is 5.43 Å². The predicted molar refractivity (Wildman–Crippen MR) is 109 cm³/mol. The van der Waals surface area contributed by atoms with Crippen LogP contribution >= 0.6 is 0 Å². The summed E-state index contributed by atoms with van der Waals surface area (Å²) >= 11 is 0. The molecule has 4 heteroatoms. The minimum absolute atomic E-state index is 0.00230. The third kappa shape index (κ3) is 3.34. The molecule has 1 N–H and O–H groups in total. The van der Waals surface area contributed by atoms with Crippen molar-refractivity contribution in [3.05, 3.63) is 94.1 Å². The van der Waals surface area contributed by atoms with Gasteiger partial charge >= 0.3 is 0 Å². The molecule has 0 aliphatic carbocycles. The van der Waals surface area contributed by atoms with Crippen LogP contribution in [0.4, 0.5) is 0 Å². The van der Waals surface area contributed by atoms with Crippen molar-refractivity contribution in [2.75, 3.05) is 0 Å². The molecule has 0 spiro atoms. The number of fused-ring (bicyclic) bond motifs is 2. The molecule has 4 nitrogen and oxygen atoms in total. The first kappa shape index (κ1) is 17.0. The van der Waals surface area contributed by atoms with E-state index < -0.39 is 0 Å². The first-order valence-electron chi connectivity index (χ1n) is 8.96. The van der Waals surface area contributed by atoms with Gasteiger partial charge in [0.25, 0.3) is 0 Å². The van der Waals surface area contributed by atoms with Crippen LogP contribution in [0.25, 0.3) is 21.8 Å². The number of para-hydroxylation sites is 2. The summed E-state index contributed by atoms with van der Waals surface area (Å²) < 4.78 is 1.91. The molecule has 4 rings (SSSR count). The van der Waals surface area contributed by atoms with Gasteiger partial charge in [-0.15, -0.1) is 0 Å². The van der Waals surface area contributed by atoms with Gasteiger partial charge in [0.05, 0.1) is 11.0 Å². The molecule has 1 aromatic heterocycles. The Morgan fingerprint density at radius 2 is 1.41 bits per heavy atom. The number of aromatic nitrogens is 1. The van der Waals surface area contributed by atoms with Crippen molar-refractivity contribution in [3.63, 3.8) is 0 Å². The number of nitrogens with one attached hydrogen (secondary N) is 1. The number of benzene rings is 3. The van der Waals surface area contributed by atoms with Gasteiger partial charge < -0.3 is 9.88 Å². The van der Waals surface area contributed by atoms with E-state index in [2.05, 4.69) is 5.32 Å². The zero-order valence-corrected chi connectivity index (χ0v) is 15.1. The minimum Gasteiger partial charge on any atom is -0.350 e. The minimum atomic E-state index is -0.0884. The second-order valence-corrected chi connectivity index (χ2v) is 6.71. The van der Waals surface area contributed by atoms with Gasteiger partial charge in [0, 0.05) is 17.3 Å². The van der Waals surface area contributed by atoms with E-state index in [0.717, 1.165) is 16.6 Å². The monoisotopic (exact) mass is 356 g/mol. The third-order valence-corrected chi connectivity index (χ3v) is 4.79. The molecule has 1 heterocycles. The van der Waals surface area contributed by atoms with Crippen LogP contribution in [0, 0.1) is 6.92 Å². The van der Waals surface area contributed by atoms with Crippen molar-refractivity contribution in [3.8, 4) is 0 Å². The summed E-state index contributed by atoms with van der Waals surface area (Å²) in [4.78, 5) is 25.4. The second-order valence-electron chi connectivity index (χ2n) is 6.71. The number of hydrogen-bond donors (Lipinski definition) is 1. The lowest BCUT2D eigenvalue weighted by molar-refractivity contribution is -0.121.